The number of likely N-dealkylation sites (N-methyl/N-ethyl adjacent to an activating group) is 1. The van der Waals surface area contributed by atoms with E-state index in [2.05, 4.69) is 0 Å². The monoisotopic (exact) mass is 316 g/mol. The molecule has 0 aromatic carbocycles. The molecule has 1 fully saturated rings. The number of hydrogen-bond acceptors (Lipinski definition) is 4. The summed E-state index contributed by atoms with van der Waals surface area (Å²) >= 11 is 7.35. The predicted octanol–water partition coefficient (Wildman–Crippen LogP) is 0.184. The summed E-state index contributed by atoms with van der Waals surface area (Å²) in [5.74, 6) is -1.53. The number of nitrogens with one attached hydrogen (secondary N) is 1. The number of urea groups is 1. The van der Waals surface area contributed by atoms with E-state index in [1.165, 1.54) is 18.4 Å². The molecule has 8 heteroatoms. The van der Waals surface area contributed by atoms with Crippen molar-refractivity contribution < 1.29 is 19.3 Å². The van der Waals surface area contributed by atoms with Crippen LogP contribution in [0.15, 0.2) is 12.1 Å². The number of nitrogens with zero attached hydrogens (tertiary/aromatic N) is 2. The molecule has 1 aromatic heterocycles. The number of thiophene rings is 1. The number of rotatable bonds is 5. The Morgan fingerprint density at radius 3 is 2.40 bits per heavy atom. The molecule has 1 aliphatic rings. The van der Waals surface area contributed by atoms with Crippen molar-refractivity contribution in [3.8, 4) is 0 Å². The number of carbonyl (C=O) groups excluding carboxylic acids is 3. The Labute approximate surface area is 125 Å². The summed E-state index contributed by atoms with van der Waals surface area (Å²) in [5, 5.41) is 0. The van der Waals surface area contributed by atoms with E-state index in [9.17, 15) is 14.4 Å². The molecule has 0 spiro atoms. The Morgan fingerprint density at radius 2 is 1.95 bits per heavy atom. The van der Waals surface area contributed by atoms with Crippen LogP contribution in [0.3, 0.4) is 0 Å². The minimum absolute atomic E-state index is 0.180. The van der Waals surface area contributed by atoms with E-state index in [0.717, 1.165) is 26.1 Å². The first-order valence-electron chi connectivity index (χ1n) is 6.15. The Balaban J connectivity index is 2.05. The highest BCUT2D eigenvalue weighted by Crippen LogP contribution is 2.20. The van der Waals surface area contributed by atoms with Crippen LogP contribution >= 0.6 is 22.9 Å². The first-order chi connectivity index (χ1) is 9.43. The Morgan fingerprint density at radius 1 is 1.25 bits per heavy atom. The van der Waals surface area contributed by atoms with E-state index in [4.69, 9.17) is 11.6 Å². The highest BCUT2D eigenvalue weighted by Gasteiger charge is 2.43. The van der Waals surface area contributed by atoms with Gasteiger partial charge in [-0.15, -0.1) is 11.3 Å². The fourth-order valence-corrected chi connectivity index (χ4v) is 3.12. The maximum Gasteiger partial charge on any atom is 0.338 e. The van der Waals surface area contributed by atoms with E-state index in [-0.39, 0.29) is 6.67 Å². The standard InChI is InChI=1S/C12H14ClN3O3S/c1-3-15(6-8-4-5-9(13)20-8)7-16-11(18)10(17)14(2)12(16)19/h4-5H,3,6-7H2,1-2H3/p+1. The lowest BCUT2D eigenvalue weighted by molar-refractivity contribution is -0.918. The second-order valence-corrected chi connectivity index (χ2v) is 6.32. The Hall–Kier alpha value is -1.44. The van der Waals surface area contributed by atoms with Crippen LogP contribution in [0.5, 0.6) is 0 Å². The lowest BCUT2D eigenvalue weighted by Gasteiger charge is -2.21. The predicted molar refractivity (Wildman–Crippen MR) is 74.4 cm³/mol. The van der Waals surface area contributed by atoms with Crippen molar-refractivity contribution in [2.24, 2.45) is 0 Å². The number of quaternary nitrogens is 1. The third-order valence-electron chi connectivity index (χ3n) is 3.19. The van der Waals surface area contributed by atoms with E-state index >= 15 is 0 Å². The van der Waals surface area contributed by atoms with Crippen LogP contribution in [0.25, 0.3) is 0 Å². The molecule has 0 bridgehead atoms. The second kappa shape index (κ2) is 5.90. The number of carbonyl (C=O) groups is 3. The summed E-state index contributed by atoms with van der Waals surface area (Å²) in [6, 6.07) is 3.18. The Kier molecular flexibility index (Phi) is 4.42. The van der Waals surface area contributed by atoms with E-state index < -0.39 is 17.8 Å². The van der Waals surface area contributed by atoms with Crippen LogP contribution in [0.2, 0.25) is 4.34 Å². The highest BCUT2D eigenvalue weighted by atomic mass is 35.5. The minimum Gasteiger partial charge on any atom is -0.313 e. The van der Waals surface area contributed by atoms with Gasteiger partial charge in [-0.25, -0.2) is 9.69 Å². The molecular weight excluding hydrogens is 302 g/mol. The van der Waals surface area contributed by atoms with Crippen molar-refractivity contribution in [3.05, 3.63) is 21.3 Å². The van der Waals surface area contributed by atoms with Gasteiger partial charge in [-0.2, -0.15) is 0 Å². The summed E-state index contributed by atoms with van der Waals surface area (Å²) in [6.45, 7) is 3.52. The molecule has 4 amide bonds. The van der Waals surface area contributed by atoms with Gasteiger partial charge in [0.1, 0.15) is 6.54 Å². The molecule has 1 unspecified atom stereocenters. The van der Waals surface area contributed by atoms with Gasteiger partial charge in [0.2, 0.25) is 0 Å². The van der Waals surface area contributed by atoms with Crippen molar-refractivity contribution in [2.75, 3.05) is 20.3 Å². The maximum absolute atomic E-state index is 11.8. The molecule has 2 rings (SSSR count). The summed E-state index contributed by atoms with van der Waals surface area (Å²) in [6.07, 6.45) is 0. The average molecular weight is 317 g/mol. The van der Waals surface area contributed by atoms with Gasteiger partial charge in [-0.3, -0.25) is 14.5 Å². The van der Waals surface area contributed by atoms with Crippen molar-refractivity contribution in [1.29, 1.82) is 0 Å². The molecule has 1 aromatic rings. The molecular formula is C12H15ClN3O3S+. The smallest absolute Gasteiger partial charge is 0.313 e. The van der Waals surface area contributed by atoms with Gasteiger partial charge in [0.05, 0.1) is 15.8 Å². The van der Waals surface area contributed by atoms with E-state index in [0.29, 0.717) is 10.9 Å². The molecule has 6 nitrogen and oxygen atoms in total. The van der Waals surface area contributed by atoms with Gasteiger partial charge in [0, 0.05) is 7.05 Å². The van der Waals surface area contributed by atoms with Gasteiger partial charge in [-0.05, 0) is 19.1 Å². The molecule has 1 atom stereocenters. The summed E-state index contributed by atoms with van der Waals surface area (Å²) in [4.78, 5) is 38.9. The van der Waals surface area contributed by atoms with Crippen LogP contribution < -0.4 is 4.90 Å². The van der Waals surface area contributed by atoms with Gasteiger partial charge in [0.25, 0.3) is 0 Å². The van der Waals surface area contributed by atoms with Crippen molar-refractivity contribution >= 4 is 40.8 Å². The molecule has 0 aliphatic carbocycles. The van der Waals surface area contributed by atoms with Crippen LogP contribution in [0.1, 0.15) is 11.8 Å². The molecule has 2 heterocycles. The zero-order chi connectivity index (χ0) is 14.9. The quantitative estimate of drug-likeness (QED) is 0.623. The maximum atomic E-state index is 11.8. The van der Waals surface area contributed by atoms with E-state index in [1.807, 2.05) is 19.1 Å². The largest absolute Gasteiger partial charge is 0.338 e. The van der Waals surface area contributed by atoms with Crippen LogP contribution in [0, 0.1) is 0 Å². The van der Waals surface area contributed by atoms with Crippen molar-refractivity contribution in [3.63, 3.8) is 0 Å². The fraction of sp³-hybridized carbons (Fsp3) is 0.417. The molecule has 1 saturated heterocycles. The molecule has 0 radical (unpaired) electrons. The van der Waals surface area contributed by atoms with Crippen molar-refractivity contribution in [2.45, 2.75) is 13.5 Å². The van der Waals surface area contributed by atoms with Gasteiger partial charge >= 0.3 is 17.8 Å². The van der Waals surface area contributed by atoms with Crippen LogP contribution in [0.4, 0.5) is 4.79 Å². The van der Waals surface area contributed by atoms with Gasteiger partial charge in [0.15, 0.2) is 6.67 Å². The normalized spacial score (nSPS) is 17.2. The molecule has 20 heavy (non-hydrogen) atoms. The zero-order valence-corrected chi connectivity index (χ0v) is 12.8. The third-order valence-corrected chi connectivity index (χ3v) is 4.42. The number of halogens is 1. The number of amides is 4. The first-order valence-corrected chi connectivity index (χ1v) is 7.34. The topological polar surface area (TPSA) is 62.1 Å². The van der Waals surface area contributed by atoms with Crippen LogP contribution in [-0.2, 0) is 16.1 Å². The van der Waals surface area contributed by atoms with Crippen molar-refractivity contribution in [1.82, 2.24) is 9.80 Å². The number of hydrogen-bond donors (Lipinski definition) is 1. The molecule has 0 saturated carbocycles. The molecule has 1 aliphatic heterocycles. The minimum atomic E-state index is -0.773. The first kappa shape index (κ1) is 15.0. The SMILES string of the molecule is CC[NH+](Cc1ccc(Cl)s1)CN1C(=O)C(=O)N(C)C1=O. The molecule has 108 valence electrons. The Bertz CT molecular complexity index is 560. The second-order valence-electron chi connectivity index (χ2n) is 4.52. The number of imide groups is 2. The molecule has 1 N–H and O–H groups in total. The zero-order valence-electron chi connectivity index (χ0n) is 11.2. The summed E-state index contributed by atoms with van der Waals surface area (Å²) < 4.78 is 0.707. The van der Waals surface area contributed by atoms with E-state index in [1.54, 1.807) is 0 Å². The summed E-state index contributed by atoms with van der Waals surface area (Å²) in [5.41, 5.74) is 0. The van der Waals surface area contributed by atoms with Gasteiger partial charge < -0.3 is 4.90 Å². The highest BCUT2D eigenvalue weighted by molar-refractivity contribution is 7.16. The average Bonchev–Trinajstić information content (AvgIpc) is 2.91. The van der Waals surface area contributed by atoms with Crippen LogP contribution in [-0.4, -0.2) is 47.9 Å². The third kappa shape index (κ3) is 2.84. The lowest BCUT2D eigenvalue weighted by atomic mass is 10.4. The fourth-order valence-electron chi connectivity index (χ4n) is 1.96. The lowest BCUT2D eigenvalue weighted by Crippen LogP contribution is -3.12. The summed E-state index contributed by atoms with van der Waals surface area (Å²) in [7, 11) is 1.31. The van der Waals surface area contributed by atoms with Gasteiger partial charge in [-0.1, -0.05) is 11.6 Å².